The molecule has 19 heteroatoms. The van der Waals surface area contributed by atoms with Crippen molar-refractivity contribution in [1.82, 2.24) is 4.98 Å². The molecule has 2 aliphatic carbocycles. The van der Waals surface area contributed by atoms with Gasteiger partial charge in [-0.1, -0.05) is 25.1 Å². The summed E-state index contributed by atoms with van der Waals surface area (Å²) in [5, 5.41) is 13.6. The Bertz CT molecular complexity index is 2140. The van der Waals surface area contributed by atoms with Gasteiger partial charge in [0.1, 0.15) is 42.0 Å². The number of carbonyl (C=O) groups excluding carboxylic acids is 8. The van der Waals surface area contributed by atoms with Gasteiger partial charge in [0, 0.05) is 40.8 Å². The summed E-state index contributed by atoms with van der Waals surface area (Å²) in [5.41, 5.74) is -10.1. The largest absolute Gasteiger partial charge is 0.465 e. The standard InChI is InChI=1S/C43H49NO18/c1-21-16-17-29-28(15-12-18-44-29)39(52)55-19-40(7)30-31(56-23(3)46)35(58-25(5)48)42(20-54-22(2)45)36(59-26(6)49)32(60-38(51)27-13-10-9-11-14-27)34(61-37(21)50)41(8,53)43(42,62-40)33(30)57-24(4)47/h9-15,18,21,30-36,53H,16-17,19-20H2,1-8H3/t21-,30+,31+,32-,33-,34-,35+,36-,40-,41-,42+,43-/m0/s1. The zero-order valence-corrected chi connectivity index (χ0v) is 35.4. The van der Waals surface area contributed by atoms with Crippen LogP contribution in [0.5, 0.6) is 0 Å². The smallest absolute Gasteiger partial charge is 0.340 e. The van der Waals surface area contributed by atoms with Gasteiger partial charge < -0.3 is 47.7 Å². The molecule has 334 valence electrons. The third-order valence-corrected chi connectivity index (χ3v) is 12.1. The van der Waals surface area contributed by atoms with Crippen molar-refractivity contribution in [3.63, 3.8) is 0 Å². The minimum absolute atomic E-state index is 0.0225. The van der Waals surface area contributed by atoms with Gasteiger partial charge in [-0.3, -0.25) is 33.8 Å². The number of carbonyl (C=O) groups is 8. The van der Waals surface area contributed by atoms with Gasteiger partial charge in [-0.15, -0.1) is 0 Å². The van der Waals surface area contributed by atoms with E-state index in [1.165, 1.54) is 56.4 Å². The molecule has 4 bridgehead atoms. The van der Waals surface area contributed by atoms with Crippen LogP contribution in [0.15, 0.2) is 48.7 Å². The van der Waals surface area contributed by atoms with Gasteiger partial charge in [-0.2, -0.15) is 0 Å². The summed E-state index contributed by atoms with van der Waals surface area (Å²) < 4.78 is 55.3. The molecule has 1 N–H and O–H groups in total. The highest BCUT2D eigenvalue weighted by Gasteiger charge is 2.92. The van der Waals surface area contributed by atoms with Crippen LogP contribution in [0.3, 0.4) is 0 Å². The molecule has 2 saturated carbocycles. The second-order valence-corrected chi connectivity index (χ2v) is 16.4. The molecule has 1 aromatic carbocycles. The van der Waals surface area contributed by atoms with Crippen LogP contribution in [0.25, 0.3) is 0 Å². The van der Waals surface area contributed by atoms with Gasteiger partial charge in [0.15, 0.2) is 30.0 Å². The second-order valence-electron chi connectivity index (χ2n) is 16.4. The van der Waals surface area contributed by atoms with Gasteiger partial charge in [-0.05, 0) is 51.0 Å². The molecule has 3 fully saturated rings. The highest BCUT2D eigenvalue weighted by molar-refractivity contribution is 5.91. The zero-order chi connectivity index (χ0) is 45.5. The Labute approximate surface area is 355 Å². The molecule has 12 atom stereocenters. The van der Waals surface area contributed by atoms with E-state index in [4.69, 9.17) is 42.6 Å². The maximum Gasteiger partial charge on any atom is 0.340 e. The number of benzene rings is 1. The third kappa shape index (κ3) is 7.76. The molecule has 2 aliphatic heterocycles. The van der Waals surface area contributed by atoms with Crippen LogP contribution >= 0.6 is 0 Å². The van der Waals surface area contributed by atoms with Crippen molar-refractivity contribution in [2.75, 3.05) is 13.2 Å². The topological polar surface area (TPSA) is 253 Å². The average molecular weight is 868 g/mol. The predicted octanol–water partition coefficient (Wildman–Crippen LogP) is 2.16. The Kier molecular flexibility index (Phi) is 12.6. The fraction of sp³-hybridized carbons (Fsp3) is 0.558. The highest BCUT2D eigenvalue weighted by atomic mass is 16.7. The van der Waals surface area contributed by atoms with E-state index < -0.39 is 132 Å². The summed E-state index contributed by atoms with van der Waals surface area (Å²) in [5.74, 6) is -10.7. The lowest BCUT2D eigenvalue weighted by Gasteiger charge is -2.67. The quantitative estimate of drug-likeness (QED) is 0.295. The maximum absolute atomic E-state index is 14.4. The van der Waals surface area contributed by atoms with Crippen molar-refractivity contribution in [2.45, 2.75) is 122 Å². The Morgan fingerprint density at radius 2 is 1.37 bits per heavy atom. The Morgan fingerprint density at radius 3 is 1.97 bits per heavy atom. The lowest BCUT2D eigenvalue weighted by molar-refractivity contribution is -0.386. The van der Waals surface area contributed by atoms with E-state index in [2.05, 4.69) is 4.98 Å². The van der Waals surface area contributed by atoms with E-state index in [1.807, 2.05) is 0 Å². The number of esters is 8. The first-order valence-electron chi connectivity index (χ1n) is 19.9. The fourth-order valence-electron chi connectivity index (χ4n) is 9.73. The van der Waals surface area contributed by atoms with E-state index in [9.17, 15) is 43.5 Å². The average Bonchev–Trinajstić information content (AvgIpc) is 3.41. The van der Waals surface area contributed by atoms with Crippen molar-refractivity contribution in [3.8, 4) is 0 Å². The first-order valence-corrected chi connectivity index (χ1v) is 19.9. The van der Waals surface area contributed by atoms with Gasteiger partial charge in [0.05, 0.1) is 28.7 Å². The second kappa shape index (κ2) is 17.1. The highest BCUT2D eigenvalue weighted by Crippen LogP contribution is 2.70. The van der Waals surface area contributed by atoms with E-state index in [1.54, 1.807) is 6.07 Å². The Hall–Kier alpha value is -5.95. The molecule has 1 aromatic heterocycles. The maximum atomic E-state index is 14.4. The summed E-state index contributed by atoms with van der Waals surface area (Å²) in [6.45, 7) is 7.16. The number of cyclic esters (lactones) is 1. The van der Waals surface area contributed by atoms with Crippen LogP contribution < -0.4 is 0 Å². The van der Waals surface area contributed by atoms with E-state index in [0.717, 1.165) is 41.5 Å². The number of pyridine rings is 1. The van der Waals surface area contributed by atoms with Crippen LogP contribution in [0, 0.1) is 17.3 Å². The molecule has 6 rings (SSSR count). The number of aromatic nitrogens is 1. The molecule has 1 saturated heterocycles. The van der Waals surface area contributed by atoms with Gasteiger partial charge in [0.2, 0.25) is 0 Å². The molecular formula is C43H49NO18. The van der Waals surface area contributed by atoms with Crippen molar-refractivity contribution in [3.05, 3.63) is 65.5 Å². The number of aliphatic hydroxyl groups is 1. The van der Waals surface area contributed by atoms with Crippen LogP contribution in [-0.4, -0.2) is 124 Å². The minimum atomic E-state index is -2.86. The third-order valence-electron chi connectivity index (χ3n) is 12.1. The van der Waals surface area contributed by atoms with E-state index >= 15 is 0 Å². The van der Waals surface area contributed by atoms with Crippen LogP contribution in [0.4, 0.5) is 0 Å². The van der Waals surface area contributed by atoms with Crippen molar-refractivity contribution in [1.29, 1.82) is 0 Å². The molecule has 62 heavy (non-hydrogen) atoms. The molecule has 4 aliphatic rings. The number of fused-ring (bicyclic) bond motifs is 5. The van der Waals surface area contributed by atoms with Crippen molar-refractivity contribution in [2.24, 2.45) is 17.3 Å². The van der Waals surface area contributed by atoms with E-state index in [0.29, 0.717) is 0 Å². The van der Waals surface area contributed by atoms with Crippen LogP contribution in [-0.2, 0) is 77.8 Å². The molecular weight excluding hydrogens is 818 g/mol. The first kappa shape index (κ1) is 45.6. The zero-order valence-electron chi connectivity index (χ0n) is 35.4. The Morgan fingerprint density at radius 1 is 0.774 bits per heavy atom. The molecule has 3 heterocycles. The molecule has 2 aromatic rings. The summed E-state index contributed by atoms with van der Waals surface area (Å²) >= 11 is 0. The SMILES string of the molecule is CC(=O)OC[C@]12[C@H](OC(C)=O)[C@H](OC(C)=O)[C@@H]3[C@H](OC(C)=O)[C@@]14O[C@@]3(C)COC(=O)c1cccnc1CC[C@H](C)C(=O)O[C@@H]([C@H](OC(=O)c1ccccc1)[C@@H]2OC(C)=O)[C@]4(C)O. The predicted molar refractivity (Wildman–Crippen MR) is 205 cm³/mol. The fourth-order valence-corrected chi connectivity index (χ4v) is 9.73. The lowest BCUT2D eigenvalue weighted by atomic mass is 9.45. The number of ether oxygens (including phenoxy) is 9. The minimum Gasteiger partial charge on any atom is -0.465 e. The molecule has 0 unspecified atom stereocenters. The number of aryl methyl sites for hydroxylation is 1. The molecule has 1 spiro atoms. The van der Waals surface area contributed by atoms with Crippen molar-refractivity contribution >= 4 is 47.8 Å². The van der Waals surface area contributed by atoms with Crippen LogP contribution in [0.2, 0.25) is 0 Å². The number of rotatable bonds is 8. The number of hydrogen-bond donors (Lipinski definition) is 1. The summed E-state index contributed by atoms with van der Waals surface area (Å²) in [6, 6.07) is 10.4. The van der Waals surface area contributed by atoms with Crippen LogP contribution in [0.1, 0.15) is 88.2 Å². The lowest BCUT2D eigenvalue weighted by Crippen LogP contribution is -2.89. The van der Waals surface area contributed by atoms with Gasteiger partial charge in [-0.25, -0.2) is 9.59 Å². The number of hydrogen-bond acceptors (Lipinski definition) is 19. The van der Waals surface area contributed by atoms with Gasteiger partial charge in [0.25, 0.3) is 0 Å². The monoisotopic (exact) mass is 867 g/mol. The number of nitrogens with zero attached hydrogens (tertiary/aromatic N) is 1. The Balaban J connectivity index is 1.77. The van der Waals surface area contributed by atoms with Crippen molar-refractivity contribution < 1.29 is 86.1 Å². The summed E-state index contributed by atoms with van der Waals surface area (Å²) in [7, 11) is 0. The molecule has 0 amide bonds. The van der Waals surface area contributed by atoms with E-state index in [-0.39, 0.29) is 29.7 Å². The molecule has 0 radical (unpaired) electrons. The summed E-state index contributed by atoms with van der Waals surface area (Å²) in [6.07, 6.45) is -10.6. The first-order chi connectivity index (χ1) is 29.1. The summed E-state index contributed by atoms with van der Waals surface area (Å²) in [4.78, 5) is 113. The molecule has 19 nitrogen and oxygen atoms in total. The van der Waals surface area contributed by atoms with Gasteiger partial charge >= 0.3 is 47.8 Å². The normalized spacial score (nSPS) is 35.0.